The van der Waals surface area contributed by atoms with Crippen LogP contribution < -0.4 is 14.8 Å². The molecule has 0 spiro atoms. The predicted octanol–water partition coefficient (Wildman–Crippen LogP) is 4.31. The number of rotatable bonds is 4. The highest BCUT2D eigenvalue weighted by molar-refractivity contribution is 9.10. The summed E-state index contributed by atoms with van der Waals surface area (Å²) >= 11 is 3.73. The normalized spacial score (nSPS) is 24.3. The summed E-state index contributed by atoms with van der Waals surface area (Å²) in [4.78, 5) is 0. The number of nitrogens with one attached hydrogen (secondary N) is 1. The zero-order chi connectivity index (χ0) is 15.0. The third kappa shape index (κ3) is 3.07. The highest BCUT2D eigenvalue weighted by Gasteiger charge is 2.50. The van der Waals surface area contributed by atoms with E-state index in [1.807, 2.05) is 0 Å². The minimum absolute atomic E-state index is 0.372. The van der Waals surface area contributed by atoms with Crippen molar-refractivity contribution in [2.75, 3.05) is 19.8 Å². The molecule has 21 heavy (non-hydrogen) atoms. The summed E-state index contributed by atoms with van der Waals surface area (Å²) in [6, 6.07) is 4.60. The van der Waals surface area contributed by atoms with Gasteiger partial charge in [0.25, 0.3) is 0 Å². The van der Waals surface area contributed by atoms with Crippen LogP contribution in [0.2, 0.25) is 0 Å². The monoisotopic (exact) mass is 353 g/mol. The minimum atomic E-state index is 0.372. The van der Waals surface area contributed by atoms with Crippen LogP contribution in [0, 0.1) is 11.3 Å². The van der Waals surface area contributed by atoms with Crippen LogP contribution in [0.25, 0.3) is 0 Å². The lowest BCUT2D eigenvalue weighted by atomic mass is 9.96. The van der Waals surface area contributed by atoms with Crippen LogP contribution in [0.15, 0.2) is 16.6 Å². The topological polar surface area (TPSA) is 30.5 Å². The Morgan fingerprint density at radius 3 is 2.48 bits per heavy atom. The van der Waals surface area contributed by atoms with E-state index >= 15 is 0 Å². The van der Waals surface area contributed by atoms with Gasteiger partial charge in [-0.15, -0.1) is 0 Å². The molecule has 1 fully saturated rings. The zero-order valence-electron chi connectivity index (χ0n) is 13.0. The van der Waals surface area contributed by atoms with Gasteiger partial charge >= 0.3 is 0 Å². The lowest BCUT2D eigenvalue weighted by Gasteiger charge is -2.23. The largest absolute Gasteiger partial charge is 0.490 e. The van der Waals surface area contributed by atoms with E-state index in [2.05, 4.69) is 54.2 Å². The molecule has 0 saturated heterocycles. The molecule has 1 heterocycles. The number of ether oxygens (including phenoxy) is 2. The molecule has 116 valence electrons. The van der Waals surface area contributed by atoms with Crippen molar-refractivity contribution in [1.82, 2.24) is 5.32 Å². The summed E-state index contributed by atoms with van der Waals surface area (Å²) in [7, 11) is 0. The van der Waals surface area contributed by atoms with Gasteiger partial charge in [0, 0.05) is 16.9 Å². The van der Waals surface area contributed by atoms with Crippen LogP contribution in [-0.4, -0.2) is 19.8 Å². The highest BCUT2D eigenvalue weighted by atomic mass is 79.9. The molecule has 0 amide bonds. The number of hydrogen-bond donors (Lipinski definition) is 1. The van der Waals surface area contributed by atoms with Crippen LogP contribution in [-0.2, 0) is 0 Å². The molecule has 2 aliphatic rings. The molecular weight excluding hydrogens is 330 g/mol. The van der Waals surface area contributed by atoms with Gasteiger partial charge in [-0.1, -0.05) is 36.7 Å². The Labute approximate surface area is 135 Å². The van der Waals surface area contributed by atoms with Crippen molar-refractivity contribution in [1.29, 1.82) is 0 Å². The van der Waals surface area contributed by atoms with Gasteiger partial charge in [0.2, 0.25) is 0 Å². The molecule has 4 heteroatoms. The van der Waals surface area contributed by atoms with Gasteiger partial charge in [0.1, 0.15) is 0 Å². The van der Waals surface area contributed by atoms with Gasteiger partial charge in [-0.25, -0.2) is 0 Å². The second-order valence-corrected chi connectivity index (χ2v) is 7.56. The van der Waals surface area contributed by atoms with E-state index in [0.29, 0.717) is 17.4 Å². The first-order valence-corrected chi connectivity index (χ1v) is 8.64. The molecule has 0 bridgehead atoms. The summed E-state index contributed by atoms with van der Waals surface area (Å²) in [5.41, 5.74) is 1.72. The average Bonchev–Trinajstić information content (AvgIpc) is 3.12. The summed E-state index contributed by atoms with van der Waals surface area (Å²) in [6.45, 7) is 9.29. The Morgan fingerprint density at radius 1 is 1.29 bits per heavy atom. The van der Waals surface area contributed by atoms with Crippen molar-refractivity contribution < 1.29 is 9.47 Å². The third-order valence-corrected chi connectivity index (χ3v) is 5.30. The number of benzene rings is 1. The second kappa shape index (κ2) is 5.81. The van der Waals surface area contributed by atoms with Gasteiger partial charge in [0.15, 0.2) is 11.5 Å². The smallest absolute Gasteiger partial charge is 0.162 e. The molecule has 1 saturated carbocycles. The third-order valence-electron chi connectivity index (χ3n) is 4.62. The molecule has 1 aromatic carbocycles. The standard InChI is InChI=1S/C17H24BrNO2/c1-4-19-16(12-10-17(12,2)3)11-8-14-15(9-13(11)18)21-7-5-6-20-14/h8-9,12,16,19H,4-7,10H2,1-3H3. The quantitative estimate of drug-likeness (QED) is 0.874. The maximum atomic E-state index is 5.85. The van der Waals surface area contributed by atoms with Crippen LogP contribution in [0.5, 0.6) is 11.5 Å². The lowest BCUT2D eigenvalue weighted by Crippen LogP contribution is -2.24. The Bertz CT molecular complexity index is 530. The van der Waals surface area contributed by atoms with Crippen LogP contribution >= 0.6 is 15.9 Å². The Balaban J connectivity index is 1.94. The summed E-state index contributed by atoms with van der Waals surface area (Å²) in [6.07, 6.45) is 2.21. The Kier molecular flexibility index (Phi) is 4.19. The predicted molar refractivity (Wildman–Crippen MR) is 88.1 cm³/mol. The molecule has 1 aliphatic carbocycles. The minimum Gasteiger partial charge on any atom is -0.490 e. The maximum absolute atomic E-state index is 5.85. The Hall–Kier alpha value is -0.740. The first-order valence-electron chi connectivity index (χ1n) is 7.85. The van der Waals surface area contributed by atoms with E-state index in [-0.39, 0.29) is 0 Å². The molecule has 0 radical (unpaired) electrons. The number of hydrogen-bond acceptors (Lipinski definition) is 3. The molecule has 3 rings (SSSR count). The molecule has 0 aromatic heterocycles. The first-order chi connectivity index (χ1) is 10.0. The van der Waals surface area contributed by atoms with Crippen LogP contribution in [0.4, 0.5) is 0 Å². The van der Waals surface area contributed by atoms with E-state index in [9.17, 15) is 0 Å². The number of halogens is 1. The molecule has 2 unspecified atom stereocenters. The van der Waals surface area contributed by atoms with Crippen molar-refractivity contribution in [3.63, 3.8) is 0 Å². The van der Waals surface area contributed by atoms with Crippen molar-refractivity contribution >= 4 is 15.9 Å². The summed E-state index contributed by atoms with van der Waals surface area (Å²) in [5.74, 6) is 2.42. The Morgan fingerprint density at radius 2 is 1.90 bits per heavy atom. The van der Waals surface area contributed by atoms with Gasteiger partial charge in [-0.2, -0.15) is 0 Å². The summed E-state index contributed by atoms with van der Waals surface area (Å²) in [5, 5.41) is 3.65. The van der Waals surface area contributed by atoms with Crippen molar-refractivity contribution in [2.24, 2.45) is 11.3 Å². The van der Waals surface area contributed by atoms with Gasteiger partial charge in [0.05, 0.1) is 13.2 Å². The van der Waals surface area contributed by atoms with Gasteiger partial charge in [-0.05, 0) is 42.0 Å². The van der Waals surface area contributed by atoms with Gasteiger partial charge in [-0.3, -0.25) is 0 Å². The highest BCUT2D eigenvalue weighted by Crippen LogP contribution is 2.58. The lowest BCUT2D eigenvalue weighted by molar-refractivity contribution is 0.296. The molecule has 1 aliphatic heterocycles. The van der Waals surface area contributed by atoms with Crippen molar-refractivity contribution in [3.05, 3.63) is 22.2 Å². The van der Waals surface area contributed by atoms with Crippen molar-refractivity contribution in [2.45, 2.75) is 39.7 Å². The zero-order valence-corrected chi connectivity index (χ0v) is 14.6. The average molecular weight is 354 g/mol. The molecular formula is C17H24BrNO2. The van der Waals surface area contributed by atoms with E-state index in [1.54, 1.807) is 0 Å². The molecule has 2 atom stereocenters. The number of fused-ring (bicyclic) bond motifs is 1. The fourth-order valence-electron chi connectivity index (χ4n) is 3.20. The summed E-state index contributed by atoms with van der Waals surface area (Å²) < 4.78 is 12.7. The van der Waals surface area contributed by atoms with E-state index < -0.39 is 0 Å². The van der Waals surface area contributed by atoms with Gasteiger partial charge < -0.3 is 14.8 Å². The first kappa shape index (κ1) is 15.2. The van der Waals surface area contributed by atoms with Crippen LogP contribution in [0.3, 0.4) is 0 Å². The van der Waals surface area contributed by atoms with Crippen LogP contribution in [0.1, 0.15) is 45.2 Å². The van der Waals surface area contributed by atoms with Crippen molar-refractivity contribution in [3.8, 4) is 11.5 Å². The maximum Gasteiger partial charge on any atom is 0.162 e. The fraction of sp³-hybridized carbons (Fsp3) is 0.647. The molecule has 3 nitrogen and oxygen atoms in total. The molecule has 1 aromatic rings. The van der Waals surface area contributed by atoms with E-state index in [4.69, 9.17) is 9.47 Å². The van der Waals surface area contributed by atoms with E-state index in [1.165, 1.54) is 12.0 Å². The molecule has 1 N–H and O–H groups in total. The van der Waals surface area contributed by atoms with E-state index in [0.717, 1.165) is 42.2 Å². The second-order valence-electron chi connectivity index (χ2n) is 6.71. The fourth-order valence-corrected chi connectivity index (χ4v) is 3.77. The SMILES string of the molecule is CCNC(c1cc2c(cc1Br)OCCCO2)C1CC1(C)C.